The van der Waals surface area contributed by atoms with Crippen LogP contribution in [0.25, 0.3) is 33.4 Å². The standard InChI is InChI=1S/C79H97N9O20S5/c1-4-5-7-18-54(91)39-51-44-110-42-49-35-48(41-109-34-15-20-53(90)19-12-31-86(3)77(98)56-22-11-10-21-55(56)67-57-25-27-59(80)71(112(102,103)104)69(57)108-70-58(67)26-28-60(81)72(70)113(105,106)107)36-50(37-49)43-111-45-52(79(100)101)40-65(92)62(38-47-16-8-6-9-17-47)84-73(94)61(29-30-66(82)93)83-75(96)68(46(2)89)85-74(95)63-23-13-32-87(63)78(99)64-24-14-33-88(64)76(51)97/h6,8-11,16-17,21-22,25-28,35-37,46,51-52,61-64,68,80,89H,4-5,7,12-15,18-20,23-24,29-34,38-45,81H2,1-3H3,(H2,82,93)(H,83,96)(H,84,94)(H,85,95)(H,100,101)(H,102,103,104)(H,105,106,107)/t46-,51+,52+,61+,62+,63+,64+,68+/m1/s1. The number of hydrogen-bond donors (Lipinski definition) is 10. The Morgan fingerprint density at radius 3 is 2.01 bits per heavy atom. The first-order chi connectivity index (χ1) is 53.7. The van der Waals surface area contributed by atoms with Gasteiger partial charge in [0.15, 0.2) is 26.9 Å². The molecule has 4 aromatic carbocycles. The molecular formula is C79H97N9O20S5. The van der Waals surface area contributed by atoms with Gasteiger partial charge in [0.05, 0.1) is 35.0 Å². The van der Waals surface area contributed by atoms with Crippen molar-refractivity contribution < 1.29 is 93.3 Å². The van der Waals surface area contributed by atoms with Crippen LogP contribution in [-0.2, 0) is 91.9 Å². The van der Waals surface area contributed by atoms with Gasteiger partial charge >= 0.3 is 5.97 Å². The van der Waals surface area contributed by atoms with Gasteiger partial charge in [-0.25, -0.2) is 0 Å². The van der Waals surface area contributed by atoms with Crippen LogP contribution in [-0.4, -0.2) is 196 Å². The van der Waals surface area contributed by atoms with E-state index in [9.17, 15) is 88.9 Å². The van der Waals surface area contributed by atoms with Gasteiger partial charge < -0.3 is 56.7 Å². The molecule has 2 saturated heterocycles. The van der Waals surface area contributed by atoms with Crippen molar-refractivity contribution in [2.45, 2.75) is 186 Å². The minimum atomic E-state index is -5.21. The van der Waals surface area contributed by atoms with Crippen LogP contribution in [0.4, 0.5) is 5.69 Å². The number of benzene rings is 5. The predicted molar refractivity (Wildman–Crippen MR) is 427 cm³/mol. The van der Waals surface area contributed by atoms with Gasteiger partial charge in [0.1, 0.15) is 35.7 Å². The molecule has 12 N–H and O–H groups in total. The van der Waals surface area contributed by atoms with Gasteiger partial charge in [0.25, 0.3) is 26.1 Å². The number of amides is 7. The fourth-order valence-corrected chi connectivity index (χ4v) is 19.1. The average molecular weight is 1650 g/mol. The number of aliphatic carboxylic acids is 1. The number of rotatable bonds is 27. The Bertz CT molecular complexity index is 4810. The normalized spacial score (nSPS) is 20.5. The van der Waals surface area contributed by atoms with Crippen LogP contribution in [0.2, 0.25) is 0 Å². The van der Waals surface area contributed by atoms with Crippen LogP contribution < -0.4 is 32.8 Å². The molecule has 0 saturated carbocycles. The van der Waals surface area contributed by atoms with Crippen molar-refractivity contribution in [1.82, 2.24) is 30.7 Å². The number of primary amides is 1. The second-order valence-electron chi connectivity index (χ2n) is 28.9. The van der Waals surface area contributed by atoms with Crippen molar-refractivity contribution in [3.05, 3.63) is 130 Å². The number of nitrogens with two attached hydrogens (primary N) is 2. The summed E-state index contributed by atoms with van der Waals surface area (Å²) in [5, 5.41) is 37.1. The molecular weight excluding hydrogens is 1560 g/mol. The van der Waals surface area contributed by atoms with E-state index in [2.05, 4.69) is 16.0 Å². The van der Waals surface area contributed by atoms with E-state index in [1.54, 1.807) is 54.2 Å². The molecule has 4 heterocycles. The molecule has 1 aliphatic carbocycles. The van der Waals surface area contributed by atoms with Crippen LogP contribution in [0.15, 0.2) is 111 Å². The third-order valence-electron chi connectivity index (χ3n) is 20.2. The van der Waals surface area contributed by atoms with E-state index >= 15 is 0 Å². The second kappa shape index (κ2) is 40.3. The van der Waals surface area contributed by atoms with Crippen molar-refractivity contribution in [2.75, 3.05) is 49.7 Å². The van der Waals surface area contributed by atoms with Crippen molar-refractivity contribution in [2.24, 2.45) is 17.6 Å². The van der Waals surface area contributed by atoms with Gasteiger partial charge in [-0.15, -0.1) is 0 Å². The summed E-state index contributed by atoms with van der Waals surface area (Å²) >= 11 is 4.29. The van der Waals surface area contributed by atoms with E-state index in [-0.39, 0.29) is 140 Å². The summed E-state index contributed by atoms with van der Waals surface area (Å²) in [6, 6.07) is 18.9. The van der Waals surface area contributed by atoms with E-state index in [1.807, 2.05) is 25.1 Å². The highest BCUT2D eigenvalue weighted by Crippen LogP contribution is 2.46. The number of unbranched alkanes of at least 4 members (excludes halogenated alkanes) is 2. The number of nitrogens with zero attached hydrogens (tertiary/aromatic N) is 3. The first-order valence-corrected chi connectivity index (χ1v) is 43.9. The summed E-state index contributed by atoms with van der Waals surface area (Å²) in [6.07, 6.45) is 1.91. The SMILES string of the molecule is CCCCCC(=O)C[C@H]1CSCc2cc(CSCCCC(=O)CCCN(C)C(=O)c3ccccc3-c3c4ccc(=N)c(S(=O)(=O)O)c-4oc4c(S(=O)(=O)O)c(N)ccc34)cc(c2)CSC[C@@H](C(=O)O)CC(=O)[C@H](Cc2ccccc2)NC(=O)[C@H](CCC(N)=O)NC(=O)[C@H]([C@@H](C)O)NC(=O)[C@@H]2CCCN2C(=O)[C@@H]2CCCN2C1=O. The Balaban J connectivity index is 0.919. The average Bonchev–Trinajstić information content (AvgIpc) is 1.03. The fraction of sp³-hybridized carbons (Fsp3) is 0.468. The molecule has 0 radical (unpaired) electrons. The monoisotopic (exact) mass is 1650 g/mol. The smallest absolute Gasteiger partial charge is 0.307 e. The van der Waals surface area contributed by atoms with Crippen molar-refractivity contribution in [1.29, 1.82) is 5.41 Å². The highest BCUT2D eigenvalue weighted by Gasteiger charge is 2.45. The molecule has 8 atom stereocenters. The van der Waals surface area contributed by atoms with E-state index in [0.29, 0.717) is 48.5 Å². The zero-order valence-electron chi connectivity index (χ0n) is 63.1. The molecule has 9 rings (SSSR count). The van der Waals surface area contributed by atoms with E-state index in [0.717, 1.165) is 35.6 Å². The fourth-order valence-electron chi connectivity index (χ4n) is 14.5. The number of aliphatic hydroxyl groups excluding tert-OH is 1. The van der Waals surface area contributed by atoms with Crippen molar-refractivity contribution in [3.8, 4) is 22.5 Å². The molecule has 5 aliphatic rings. The maximum atomic E-state index is 15.0. The number of carbonyl (C=O) groups excluding carboxylic acids is 10. The third kappa shape index (κ3) is 23.4. The molecule has 34 heteroatoms. The van der Waals surface area contributed by atoms with Gasteiger partial charge in [-0.2, -0.15) is 52.1 Å². The summed E-state index contributed by atoms with van der Waals surface area (Å²) in [5.41, 5.74) is 13.8. The number of carbonyl (C=O) groups is 11. The quantitative estimate of drug-likeness (QED) is 0.0103. The Kier molecular flexibility index (Phi) is 31.4. The minimum absolute atomic E-state index is 0.0268. The lowest BCUT2D eigenvalue weighted by Gasteiger charge is -2.33. The molecule has 4 aliphatic heterocycles. The molecule has 2 bridgehead atoms. The first-order valence-electron chi connectivity index (χ1n) is 37.6. The van der Waals surface area contributed by atoms with Crippen LogP contribution in [0, 0.1) is 17.2 Å². The zero-order valence-corrected chi connectivity index (χ0v) is 67.2. The molecule has 4 aromatic rings. The minimum Gasteiger partial charge on any atom is -0.481 e. The highest BCUT2D eigenvalue weighted by molar-refractivity contribution is 7.99. The Morgan fingerprint density at radius 2 is 1.35 bits per heavy atom. The molecule has 113 heavy (non-hydrogen) atoms. The topological polar surface area (TPSA) is 472 Å². The number of aliphatic hydroxyl groups is 1. The van der Waals surface area contributed by atoms with Gasteiger partial charge in [-0.05, 0) is 129 Å². The number of hydrogen-bond acceptors (Lipinski definition) is 22. The number of Topliss-reactive ketones (excluding diaryl/α,β-unsaturated/α-hetero) is 3. The lowest BCUT2D eigenvalue weighted by atomic mass is 9.90. The molecule has 0 unspecified atom stereocenters. The van der Waals surface area contributed by atoms with Gasteiger partial charge in [0, 0.05) is 116 Å². The number of thioether (sulfide) groups is 3. The molecule has 7 amide bonds. The summed E-state index contributed by atoms with van der Waals surface area (Å²) in [7, 11) is -8.85. The molecule has 29 nitrogen and oxygen atoms in total. The van der Waals surface area contributed by atoms with Crippen LogP contribution in [0.5, 0.6) is 0 Å². The number of ketones is 3. The third-order valence-corrected chi connectivity index (χ3v) is 25.6. The van der Waals surface area contributed by atoms with E-state index < -0.39 is 161 Å². The highest BCUT2D eigenvalue weighted by atomic mass is 32.2. The number of nitrogens with one attached hydrogen (secondary N) is 4. The summed E-state index contributed by atoms with van der Waals surface area (Å²) in [6.45, 7) is 3.72. The number of nitrogen functional groups attached to an aromatic ring is 1. The van der Waals surface area contributed by atoms with Gasteiger partial charge in [-0.1, -0.05) is 86.5 Å². The maximum Gasteiger partial charge on any atom is 0.307 e. The van der Waals surface area contributed by atoms with Crippen LogP contribution in [0.1, 0.15) is 149 Å². The maximum absolute atomic E-state index is 15.0. The number of fused-ring (bicyclic) bond motifs is 6. The number of carboxylic acids is 1. The molecule has 2 fully saturated rings. The predicted octanol–water partition coefficient (Wildman–Crippen LogP) is 7.52. The molecule has 0 spiro atoms. The molecule has 608 valence electrons. The lowest BCUT2D eigenvalue weighted by molar-refractivity contribution is -0.148. The van der Waals surface area contributed by atoms with E-state index in [4.69, 9.17) is 21.3 Å². The Hall–Kier alpha value is -9.03. The van der Waals surface area contributed by atoms with Crippen molar-refractivity contribution in [3.63, 3.8) is 0 Å². The zero-order chi connectivity index (χ0) is 82.0. The largest absolute Gasteiger partial charge is 0.481 e. The number of carboxylic acid groups (broad SMARTS) is 1. The van der Waals surface area contributed by atoms with Crippen LogP contribution >= 0.6 is 35.3 Å². The Morgan fingerprint density at radius 1 is 0.708 bits per heavy atom. The van der Waals surface area contributed by atoms with Gasteiger partial charge in [-0.3, -0.25) is 67.3 Å². The molecule has 0 aromatic heterocycles. The summed E-state index contributed by atoms with van der Waals surface area (Å²) in [5.74, 6) is -7.98. The second-order valence-corrected chi connectivity index (χ2v) is 34.8. The van der Waals surface area contributed by atoms with Crippen LogP contribution in [0.3, 0.4) is 0 Å². The summed E-state index contributed by atoms with van der Waals surface area (Å²) < 4.78 is 77.6. The van der Waals surface area contributed by atoms with E-state index in [1.165, 1.54) is 82.5 Å². The lowest BCUT2D eigenvalue weighted by Crippen LogP contribution is -2.61. The number of anilines is 1. The Labute approximate surface area is 668 Å². The summed E-state index contributed by atoms with van der Waals surface area (Å²) in [4.78, 5) is 157. The van der Waals surface area contributed by atoms with Crippen molar-refractivity contribution >= 4 is 137 Å². The van der Waals surface area contributed by atoms with Gasteiger partial charge in [0.2, 0.25) is 35.4 Å². The first kappa shape index (κ1) is 87.9.